The van der Waals surface area contributed by atoms with E-state index in [1.54, 1.807) is 6.07 Å². The predicted molar refractivity (Wildman–Crippen MR) is 127 cm³/mol. The van der Waals surface area contributed by atoms with E-state index in [0.717, 1.165) is 18.2 Å². The van der Waals surface area contributed by atoms with Gasteiger partial charge in [-0.15, -0.1) is 0 Å². The number of halogens is 3. The molecule has 0 bridgehead atoms. The standard InChI is InChI=1S/C27H34F3NO4/c1-26(2,3)35-25(32)14-15-31-16-18-34-24(19-31)21-10-12-22(13-11-21)33-17-6-8-20-7-4-5-9-23(20)27(28,29)30/h4-5,7,9-13,24H,6,8,14-19H2,1-3H3. The number of carbonyl (C=O) groups excluding carboxylic acids is 1. The van der Waals surface area contributed by atoms with E-state index >= 15 is 0 Å². The third kappa shape index (κ3) is 8.85. The molecule has 1 unspecified atom stereocenters. The molecule has 1 saturated heterocycles. The lowest BCUT2D eigenvalue weighted by atomic mass is 10.0. The Kier molecular flexibility index (Phi) is 9.19. The lowest BCUT2D eigenvalue weighted by Gasteiger charge is -2.33. The number of nitrogens with zero attached hydrogens (tertiary/aromatic N) is 1. The highest BCUT2D eigenvalue weighted by Gasteiger charge is 2.32. The normalized spacial score (nSPS) is 17.3. The Labute approximate surface area is 205 Å². The summed E-state index contributed by atoms with van der Waals surface area (Å²) in [7, 11) is 0. The van der Waals surface area contributed by atoms with Crippen molar-refractivity contribution in [2.75, 3.05) is 32.8 Å². The number of benzene rings is 2. The minimum Gasteiger partial charge on any atom is -0.494 e. The first-order chi connectivity index (χ1) is 16.5. The van der Waals surface area contributed by atoms with Gasteiger partial charge >= 0.3 is 12.1 Å². The van der Waals surface area contributed by atoms with Crippen LogP contribution in [-0.4, -0.2) is 49.3 Å². The lowest BCUT2D eigenvalue weighted by Crippen LogP contribution is -2.39. The molecule has 0 aliphatic carbocycles. The van der Waals surface area contributed by atoms with Gasteiger partial charge in [-0.2, -0.15) is 13.2 Å². The molecule has 2 aromatic carbocycles. The Morgan fingerprint density at radius 1 is 1.09 bits per heavy atom. The monoisotopic (exact) mass is 493 g/mol. The van der Waals surface area contributed by atoms with E-state index in [1.165, 1.54) is 12.1 Å². The van der Waals surface area contributed by atoms with Crippen molar-refractivity contribution in [2.24, 2.45) is 0 Å². The molecular formula is C27H34F3NO4. The number of carbonyl (C=O) groups is 1. The fraction of sp³-hybridized carbons (Fsp3) is 0.519. The number of hydrogen-bond acceptors (Lipinski definition) is 5. The maximum Gasteiger partial charge on any atom is 0.416 e. The number of rotatable bonds is 9. The van der Waals surface area contributed by atoms with E-state index in [2.05, 4.69) is 4.90 Å². The van der Waals surface area contributed by atoms with Crippen LogP contribution in [0.1, 0.15) is 56.4 Å². The fourth-order valence-corrected chi connectivity index (χ4v) is 4.00. The molecule has 0 aromatic heterocycles. The zero-order valence-electron chi connectivity index (χ0n) is 20.6. The van der Waals surface area contributed by atoms with Crippen molar-refractivity contribution in [2.45, 2.75) is 57.9 Å². The Morgan fingerprint density at radius 3 is 2.49 bits per heavy atom. The maximum absolute atomic E-state index is 13.1. The number of morpholine rings is 1. The predicted octanol–water partition coefficient (Wildman–Crippen LogP) is 5.82. The van der Waals surface area contributed by atoms with Crippen LogP contribution in [0.5, 0.6) is 5.75 Å². The molecule has 1 heterocycles. The first kappa shape index (κ1) is 27.0. The first-order valence-corrected chi connectivity index (χ1v) is 11.9. The van der Waals surface area contributed by atoms with Gasteiger partial charge in [0.05, 0.1) is 31.3 Å². The number of alkyl halides is 3. The fourth-order valence-electron chi connectivity index (χ4n) is 4.00. The number of ether oxygens (including phenoxy) is 3. The minimum atomic E-state index is -4.35. The average molecular weight is 494 g/mol. The van der Waals surface area contributed by atoms with Gasteiger partial charge in [-0.1, -0.05) is 30.3 Å². The molecule has 0 N–H and O–H groups in total. The summed E-state index contributed by atoms with van der Waals surface area (Å²) >= 11 is 0. The smallest absolute Gasteiger partial charge is 0.416 e. The molecule has 0 spiro atoms. The molecule has 1 fully saturated rings. The maximum atomic E-state index is 13.1. The van der Waals surface area contributed by atoms with E-state index in [-0.39, 0.29) is 17.6 Å². The summed E-state index contributed by atoms with van der Waals surface area (Å²) in [5.74, 6) is 0.458. The summed E-state index contributed by atoms with van der Waals surface area (Å²) < 4.78 is 56.4. The largest absolute Gasteiger partial charge is 0.494 e. The highest BCUT2D eigenvalue weighted by Crippen LogP contribution is 2.32. The highest BCUT2D eigenvalue weighted by atomic mass is 19.4. The van der Waals surface area contributed by atoms with Crippen LogP contribution >= 0.6 is 0 Å². The molecule has 2 aromatic rings. The van der Waals surface area contributed by atoms with Gasteiger partial charge in [0.1, 0.15) is 11.4 Å². The van der Waals surface area contributed by atoms with Gasteiger partial charge in [-0.25, -0.2) is 0 Å². The zero-order valence-corrected chi connectivity index (χ0v) is 20.6. The molecule has 192 valence electrons. The Hall–Kier alpha value is -2.58. The van der Waals surface area contributed by atoms with Crippen LogP contribution in [0.25, 0.3) is 0 Å². The second-order valence-corrected chi connectivity index (χ2v) is 9.67. The van der Waals surface area contributed by atoms with Crippen molar-refractivity contribution in [1.29, 1.82) is 0 Å². The van der Waals surface area contributed by atoms with Crippen molar-refractivity contribution in [1.82, 2.24) is 4.90 Å². The molecule has 8 heteroatoms. The van der Waals surface area contributed by atoms with Crippen LogP contribution in [-0.2, 0) is 26.9 Å². The Bertz CT molecular complexity index is 954. The summed E-state index contributed by atoms with van der Waals surface area (Å²) in [4.78, 5) is 14.2. The Morgan fingerprint density at radius 2 is 1.80 bits per heavy atom. The second-order valence-electron chi connectivity index (χ2n) is 9.67. The third-order valence-electron chi connectivity index (χ3n) is 5.64. The van der Waals surface area contributed by atoms with Crippen molar-refractivity contribution in [3.05, 3.63) is 65.2 Å². The average Bonchev–Trinajstić information content (AvgIpc) is 2.80. The molecule has 0 radical (unpaired) electrons. The zero-order chi connectivity index (χ0) is 25.5. The van der Waals surface area contributed by atoms with E-state index in [4.69, 9.17) is 14.2 Å². The summed E-state index contributed by atoms with van der Waals surface area (Å²) in [6, 6.07) is 13.2. The topological polar surface area (TPSA) is 48.0 Å². The molecule has 5 nitrogen and oxygen atoms in total. The summed E-state index contributed by atoms with van der Waals surface area (Å²) in [6.45, 7) is 8.54. The van der Waals surface area contributed by atoms with Crippen LogP contribution in [0.3, 0.4) is 0 Å². The van der Waals surface area contributed by atoms with E-state index < -0.39 is 17.3 Å². The summed E-state index contributed by atoms with van der Waals surface area (Å²) in [5.41, 5.74) is 0.224. The van der Waals surface area contributed by atoms with Gasteiger partial charge in [-0.05, 0) is 62.9 Å². The number of esters is 1. The first-order valence-electron chi connectivity index (χ1n) is 11.9. The molecule has 1 aliphatic rings. The van der Waals surface area contributed by atoms with Crippen LogP contribution in [0.15, 0.2) is 48.5 Å². The van der Waals surface area contributed by atoms with Gasteiger partial charge in [0.2, 0.25) is 0 Å². The number of aryl methyl sites for hydroxylation is 1. The molecule has 1 atom stereocenters. The second kappa shape index (κ2) is 11.9. The summed E-state index contributed by atoms with van der Waals surface area (Å²) in [5, 5.41) is 0. The van der Waals surface area contributed by atoms with Crippen LogP contribution < -0.4 is 4.74 Å². The van der Waals surface area contributed by atoms with Crippen molar-refractivity contribution in [3.8, 4) is 5.75 Å². The lowest BCUT2D eigenvalue weighted by molar-refractivity contribution is -0.155. The van der Waals surface area contributed by atoms with Gasteiger partial charge in [0.25, 0.3) is 0 Å². The van der Waals surface area contributed by atoms with E-state index in [9.17, 15) is 18.0 Å². The van der Waals surface area contributed by atoms with Gasteiger partial charge in [-0.3, -0.25) is 9.69 Å². The van der Waals surface area contributed by atoms with Crippen molar-refractivity contribution < 1.29 is 32.2 Å². The highest BCUT2D eigenvalue weighted by molar-refractivity contribution is 5.70. The van der Waals surface area contributed by atoms with Crippen molar-refractivity contribution in [3.63, 3.8) is 0 Å². The molecule has 0 amide bonds. The van der Waals surface area contributed by atoms with Gasteiger partial charge < -0.3 is 14.2 Å². The van der Waals surface area contributed by atoms with Crippen LogP contribution in [0, 0.1) is 0 Å². The van der Waals surface area contributed by atoms with E-state index in [1.807, 2.05) is 45.0 Å². The van der Waals surface area contributed by atoms with Gasteiger partial charge in [0, 0.05) is 19.6 Å². The van der Waals surface area contributed by atoms with Gasteiger partial charge in [0.15, 0.2) is 0 Å². The summed E-state index contributed by atoms with van der Waals surface area (Å²) in [6.07, 6.45) is -3.34. The quantitative estimate of drug-likeness (QED) is 0.325. The Balaban J connectivity index is 1.44. The minimum absolute atomic E-state index is 0.102. The molecule has 35 heavy (non-hydrogen) atoms. The third-order valence-corrected chi connectivity index (χ3v) is 5.64. The molecule has 0 saturated carbocycles. The molecule has 3 rings (SSSR count). The SMILES string of the molecule is CC(C)(C)OC(=O)CCN1CCOC(c2ccc(OCCCc3ccccc3C(F)(F)F)cc2)C1. The molecule has 1 aliphatic heterocycles. The van der Waals surface area contributed by atoms with Crippen molar-refractivity contribution >= 4 is 5.97 Å². The van der Waals surface area contributed by atoms with E-state index in [0.29, 0.717) is 51.3 Å². The van der Waals surface area contributed by atoms with Crippen LogP contribution in [0.4, 0.5) is 13.2 Å². The van der Waals surface area contributed by atoms with Crippen LogP contribution in [0.2, 0.25) is 0 Å². The number of hydrogen-bond donors (Lipinski definition) is 0. The molecular weight excluding hydrogens is 459 g/mol.